The minimum absolute atomic E-state index is 0.136. The Balaban J connectivity index is 2.33. The van der Waals surface area contributed by atoms with E-state index in [-0.39, 0.29) is 12.5 Å². The normalized spacial score (nSPS) is 16.5. The number of aliphatic hydroxyl groups is 1. The van der Waals surface area contributed by atoms with Crippen LogP contribution in [0.2, 0.25) is 0 Å². The number of carbonyl (C=O) groups is 1. The van der Waals surface area contributed by atoms with E-state index in [0.717, 1.165) is 45.3 Å². The first-order chi connectivity index (χ1) is 8.27. The number of hydrogen-bond donors (Lipinski definition) is 1. The molecule has 0 aromatic carbocycles. The summed E-state index contributed by atoms with van der Waals surface area (Å²) in [5, 5.41) is 8.99. The number of piperidine rings is 1. The fraction of sp³-hybridized carbons (Fsp3) is 0.923. The van der Waals surface area contributed by atoms with Gasteiger partial charge in [0.15, 0.2) is 0 Å². The number of likely N-dealkylation sites (tertiary alicyclic amines) is 1. The third kappa shape index (κ3) is 5.50. The van der Waals surface area contributed by atoms with Crippen molar-refractivity contribution in [1.82, 2.24) is 9.80 Å². The molecule has 1 fully saturated rings. The molecular formula is C13H26N2O2. The molecule has 1 saturated heterocycles. The van der Waals surface area contributed by atoms with Gasteiger partial charge in [-0.2, -0.15) is 0 Å². The number of nitrogens with zero attached hydrogens (tertiary/aromatic N) is 2. The maximum absolute atomic E-state index is 12.0. The van der Waals surface area contributed by atoms with Crippen molar-refractivity contribution in [2.24, 2.45) is 0 Å². The van der Waals surface area contributed by atoms with Crippen LogP contribution in [0, 0.1) is 0 Å². The maximum atomic E-state index is 12.0. The van der Waals surface area contributed by atoms with Gasteiger partial charge in [0, 0.05) is 19.6 Å². The van der Waals surface area contributed by atoms with Gasteiger partial charge in [-0.1, -0.05) is 13.3 Å². The standard InChI is InChI=1S/C13H26N2O2/c1-2-3-7-14(10-11-16)12-13(17)15-8-5-4-6-9-15/h16H,2-12H2,1H3. The zero-order valence-corrected chi connectivity index (χ0v) is 11.0. The SMILES string of the molecule is CCCCN(CCO)CC(=O)N1CCCCC1. The third-order valence-corrected chi connectivity index (χ3v) is 3.31. The van der Waals surface area contributed by atoms with E-state index in [0.29, 0.717) is 13.1 Å². The lowest BCUT2D eigenvalue weighted by Gasteiger charge is -2.29. The van der Waals surface area contributed by atoms with Crippen LogP contribution in [0.1, 0.15) is 39.0 Å². The van der Waals surface area contributed by atoms with E-state index < -0.39 is 0 Å². The summed E-state index contributed by atoms with van der Waals surface area (Å²) in [6.07, 6.45) is 5.74. The van der Waals surface area contributed by atoms with Crippen LogP contribution in [0.25, 0.3) is 0 Å². The van der Waals surface area contributed by atoms with E-state index in [1.807, 2.05) is 4.90 Å². The Morgan fingerprint density at radius 2 is 1.94 bits per heavy atom. The average Bonchev–Trinajstić information content (AvgIpc) is 2.37. The molecule has 1 heterocycles. The molecule has 0 aliphatic carbocycles. The summed E-state index contributed by atoms with van der Waals surface area (Å²) in [5.41, 5.74) is 0. The summed E-state index contributed by atoms with van der Waals surface area (Å²) in [6.45, 7) is 6.11. The average molecular weight is 242 g/mol. The molecule has 1 aliphatic rings. The molecule has 1 amide bonds. The molecule has 0 unspecified atom stereocenters. The fourth-order valence-electron chi connectivity index (χ4n) is 2.23. The molecule has 4 nitrogen and oxygen atoms in total. The number of amides is 1. The monoisotopic (exact) mass is 242 g/mol. The van der Waals surface area contributed by atoms with E-state index in [2.05, 4.69) is 11.8 Å². The van der Waals surface area contributed by atoms with Gasteiger partial charge in [0.2, 0.25) is 5.91 Å². The largest absolute Gasteiger partial charge is 0.395 e. The molecule has 0 aromatic rings. The van der Waals surface area contributed by atoms with Gasteiger partial charge in [0.25, 0.3) is 0 Å². The molecule has 17 heavy (non-hydrogen) atoms. The zero-order chi connectivity index (χ0) is 12.5. The number of unbranched alkanes of at least 4 members (excludes halogenated alkanes) is 1. The zero-order valence-electron chi connectivity index (χ0n) is 11.0. The Morgan fingerprint density at radius 1 is 1.24 bits per heavy atom. The molecule has 1 rings (SSSR count). The number of carbonyl (C=O) groups excluding carboxylic acids is 1. The van der Waals surface area contributed by atoms with Crippen LogP contribution >= 0.6 is 0 Å². The first-order valence-electron chi connectivity index (χ1n) is 6.89. The van der Waals surface area contributed by atoms with Crippen LogP contribution in [0.5, 0.6) is 0 Å². The van der Waals surface area contributed by atoms with Crippen molar-refractivity contribution in [2.75, 3.05) is 39.3 Å². The molecular weight excluding hydrogens is 216 g/mol. The Morgan fingerprint density at radius 3 is 2.53 bits per heavy atom. The van der Waals surface area contributed by atoms with Crippen molar-refractivity contribution >= 4 is 5.91 Å². The molecule has 100 valence electrons. The highest BCUT2D eigenvalue weighted by Crippen LogP contribution is 2.09. The summed E-state index contributed by atoms with van der Waals surface area (Å²) in [5.74, 6) is 0.231. The summed E-state index contributed by atoms with van der Waals surface area (Å²) < 4.78 is 0. The van der Waals surface area contributed by atoms with Gasteiger partial charge in [-0.05, 0) is 32.2 Å². The highest BCUT2D eigenvalue weighted by atomic mass is 16.3. The van der Waals surface area contributed by atoms with E-state index in [9.17, 15) is 4.79 Å². The van der Waals surface area contributed by atoms with Gasteiger partial charge in [0.1, 0.15) is 0 Å². The minimum atomic E-state index is 0.136. The summed E-state index contributed by atoms with van der Waals surface area (Å²) >= 11 is 0. The lowest BCUT2D eigenvalue weighted by molar-refractivity contribution is -0.133. The van der Waals surface area contributed by atoms with Crippen molar-refractivity contribution in [3.63, 3.8) is 0 Å². The Hall–Kier alpha value is -0.610. The van der Waals surface area contributed by atoms with Crippen LogP contribution in [0.15, 0.2) is 0 Å². The van der Waals surface area contributed by atoms with Crippen molar-refractivity contribution in [3.8, 4) is 0 Å². The van der Waals surface area contributed by atoms with E-state index in [1.165, 1.54) is 6.42 Å². The lowest BCUT2D eigenvalue weighted by Crippen LogP contribution is -2.43. The third-order valence-electron chi connectivity index (χ3n) is 3.31. The maximum Gasteiger partial charge on any atom is 0.236 e. The topological polar surface area (TPSA) is 43.8 Å². The Kier molecular flexibility index (Phi) is 7.21. The van der Waals surface area contributed by atoms with Crippen molar-refractivity contribution < 1.29 is 9.90 Å². The molecule has 0 atom stereocenters. The van der Waals surface area contributed by atoms with E-state index in [4.69, 9.17) is 5.11 Å². The first-order valence-corrected chi connectivity index (χ1v) is 6.89. The molecule has 0 saturated carbocycles. The van der Waals surface area contributed by atoms with Gasteiger partial charge in [-0.15, -0.1) is 0 Å². The van der Waals surface area contributed by atoms with Crippen LogP contribution in [0.4, 0.5) is 0 Å². The molecule has 1 N–H and O–H groups in total. The van der Waals surface area contributed by atoms with Gasteiger partial charge < -0.3 is 10.0 Å². The second kappa shape index (κ2) is 8.48. The van der Waals surface area contributed by atoms with Crippen LogP contribution in [0.3, 0.4) is 0 Å². The van der Waals surface area contributed by atoms with Crippen molar-refractivity contribution in [2.45, 2.75) is 39.0 Å². The first kappa shape index (κ1) is 14.5. The van der Waals surface area contributed by atoms with Crippen LogP contribution in [-0.2, 0) is 4.79 Å². The number of rotatable bonds is 7. The minimum Gasteiger partial charge on any atom is -0.395 e. The number of aliphatic hydroxyl groups excluding tert-OH is 1. The Bertz CT molecular complexity index is 215. The number of hydrogen-bond acceptors (Lipinski definition) is 3. The molecule has 0 aromatic heterocycles. The smallest absolute Gasteiger partial charge is 0.236 e. The summed E-state index contributed by atoms with van der Waals surface area (Å²) in [7, 11) is 0. The van der Waals surface area contributed by atoms with Crippen LogP contribution < -0.4 is 0 Å². The van der Waals surface area contributed by atoms with Crippen LogP contribution in [-0.4, -0.2) is 60.1 Å². The van der Waals surface area contributed by atoms with Gasteiger partial charge in [-0.3, -0.25) is 9.69 Å². The fourth-order valence-corrected chi connectivity index (χ4v) is 2.23. The summed E-state index contributed by atoms with van der Waals surface area (Å²) in [4.78, 5) is 16.1. The van der Waals surface area contributed by atoms with E-state index in [1.54, 1.807) is 0 Å². The highest BCUT2D eigenvalue weighted by molar-refractivity contribution is 5.78. The predicted octanol–water partition coefficient (Wildman–Crippen LogP) is 1.09. The highest BCUT2D eigenvalue weighted by Gasteiger charge is 2.18. The van der Waals surface area contributed by atoms with Gasteiger partial charge in [0.05, 0.1) is 13.2 Å². The van der Waals surface area contributed by atoms with Gasteiger partial charge in [-0.25, -0.2) is 0 Å². The molecule has 0 bridgehead atoms. The quantitative estimate of drug-likeness (QED) is 0.727. The van der Waals surface area contributed by atoms with Crippen molar-refractivity contribution in [1.29, 1.82) is 0 Å². The van der Waals surface area contributed by atoms with Crippen molar-refractivity contribution in [3.05, 3.63) is 0 Å². The van der Waals surface area contributed by atoms with E-state index >= 15 is 0 Å². The molecule has 4 heteroatoms. The second-order valence-corrected chi connectivity index (χ2v) is 4.79. The molecule has 0 radical (unpaired) electrons. The second-order valence-electron chi connectivity index (χ2n) is 4.79. The molecule has 1 aliphatic heterocycles. The lowest BCUT2D eigenvalue weighted by atomic mass is 10.1. The Labute approximate surface area is 105 Å². The molecule has 0 spiro atoms. The van der Waals surface area contributed by atoms with Gasteiger partial charge >= 0.3 is 0 Å². The summed E-state index contributed by atoms with van der Waals surface area (Å²) in [6, 6.07) is 0. The predicted molar refractivity (Wildman–Crippen MR) is 68.9 cm³/mol.